The van der Waals surface area contributed by atoms with Crippen LogP contribution in [0.5, 0.6) is 5.75 Å². The van der Waals surface area contributed by atoms with Crippen LogP contribution in [0.1, 0.15) is 29.4 Å². The number of aromatic nitrogens is 1. The Morgan fingerprint density at radius 1 is 1.19 bits per heavy atom. The number of rotatable bonds is 7. The van der Waals surface area contributed by atoms with E-state index in [9.17, 15) is 13.2 Å². The van der Waals surface area contributed by atoms with Gasteiger partial charge in [0.2, 0.25) is 0 Å². The minimum atomic E-state index is -3.17. The summed E-state index contributed by atoms with van der Waals surface area (Å²) in [6.07, 6.45) is 0.396. The summed E-state index contributed by atoms with van der Waals surface area (Å²) in [5.41, 5.74) is 1.74. The Hall–Kier alpha value is -2.84. The van der Waals surface area contributed by atoms with Gasteiger partial charge in [-0.05, 0) is 55.3 Å². The van der Waals surface area contributed by atoms with Crippen LogP contribution in [-0.4, -0.2) is 48.5 Å². The maximum Gasteiger partial charge on any atom is 0.276 e. The first kappa shape index (κ1) is 22.4. The van der Waals surface area contributed by atoms with Crippen LogP contribution in [0.15, 0.2) is 59.1 Å². The number of hydrogen-bond donors (Lipinski definition) is 0. The van der Waals surface area contributed by atoms with Crippen LogP contribution in [0.4, 0.5) is 0 Å². The van der Waals surface area contributed by atoms with Crippen molar-refractivity contribution in [1.82, 2.24) is 10.1 Å². The Labute approximate surface area is 191 Å². The SMILES string of the molecule is CCOc1ccc(CN(C(=O)c2cc(-c3ccc(Cl)cc3)on2)[C@@H]2CCS(=O)(=O)C2)cc1. The van der Waals surface area contributed by atoms with Crippen molar-refractivity contribution in [2.45, 2.75) is 25.9 Å². The summed E-state index contributed by atoms with van der Waals surface area (Å²) in [5.74, 6) is 0.814. The molecule has 1 atom stereocenters. The first-order chi connectivity index (χ1) is 15.3. The van der Waals surface area contributed by atoms with E-state index in [1.165, 1.54) is 0 Å². The molecule has 0 saturated carbocycles. The van der Waals surface area contributed by atoms with Gasteiger partial charge in [0.25, 0.3) is 5.91 Å². The minimum Gasteiger partial charge on any atom is -0.494 e. The molecule has 4 rings (SSSR count). The minimum absolute atomic E-state index is 0.0579. The van der Waals surface area contributed by atoms with Gasteiger partial charge < -0.3 is 14.2 Å². The number of hydrogen-bond acceptors (Lipinski definition) is 6. The highest BCUT2D eigenvalue weighted by Crippen LogP contribution is 2.26. The number of sulfone groups is 1. The molecule has 7 nitrogen and oxygen atoms in total. The maximum atomic E-state index is 13.4. The van der Waals surface area contributed by atoms with E-state index in [-0.39, 0.29) is 29.7 Å². The van der Waals surface area contributed by atoms with E-state index >= 15 is 0 Å². The highest BCUT2D eigenvalue weighted by molar-refractivity contribution is 7.91. The fourth-order valence-electron chi connectivity index (χ4n) is 3.72. The third-order valence-corrected chi connectivity index (χ3v) is 7.36. The van der Waals surface area contributed by atoms with E-state index < -0.39 is 15.9 Å². The van der Waals surface area contributed by atoms with E-state index in [0.29, 0.717) is 23.8 Å². The number of amides is 1. The van der Waals surface area contributed by atoms with E-state index in [1.807, 2.05) is 31.2 Å². The van der Waals surface area contributed by atoms with Crippen molar-refractivity contribution in [3.05, 3.63) is 70.9 Å². The number of ether oxygens (including phenoxy) is 1. The predicted octanol–water partition coefficient (Wildman–Crippen LogP) is 4.22. The summed E-state index contributed by atoms with van der Waals surface area (Å²) in [4.78, 5) is 15.0. The first-order valence-corrected chi connectivity index (χ1v) is 12.5. The van der Waals surface area contributed by atoms with Gasteiger partial charge in [0.05, 0.1) is 18.1 Å². The summed E-state index contributed by atoms with van der Waals surface area (Å²) in [6.45, 7) is 2.73. The molecule has 9 heteroatoms. The topological polar surface area (TPSA) is 89.7 Å². The van der Waals surface area contributed by atoms with E-state index in [0.717, 1.165) is 16.9 Å². The first-order valence-electron chi connectivity index (χ1n) is 10.3. The van der Waals surface area contributed by atoms with Crippen LogP contribution in [0.25, 0.3) is 11.3 Å². The van der Waals surface area contributed by atoms with Gasteiger partial charge >= 0.3 is 0 Å². The average molecular weight is 475 g/mol. The lowest BCUT2D eigenvalue weighted by molar-refractivity contribution is 0.0670. The fourth-order valence-corrected chi connectivity index (χ4v) is 5.57. The van der Waals surface area contributed by atoms with Gasteiger partial charge in [-0.1, -0.05) is 28.9 Å². The zero-order valence-corrected chi connectivity index (χ0v) is 19.1. The zero-order chi connectivity index (χ0) is 22.7. The van der Waals surface area contributed by atoms with Crippen molar-refractivity contribution in [3.63, 3.8) is 0 Å². The summed E-state index contributed by atoms with van der Waals surface area (Å²) < 4.78 is 35.0. The van der Waals surface area contributed by atoms with Crippen molar-refractivity contribution in [2.24, 2.45) is 0 Å². The molecule has 32 heavy (non-hydrogen) atoms. The number of carbonyl (C=O) groups excluding carboxylic acids is 1. The lowest BCUT2D eigenvalue weighted by Gasteiger charge is -2.27. The van der Waals surface area contributed by atoms with Crippen LogP contribution in [0, 0.1) is 0 Å². The number of benzene rings is 2. The molecule has 0 N–H and O–H groups in total. The van der Waals surface area contributed by atoms with Gasteiger partial charge in [-0.2, -0.15) is 0 Å². The molecule has 168 valence electrons. The predicted molar refractivity (Wildman–Crippen MR) is 121 cm³/mol. The van der Waals surface area contributed by atoms with E-state index in [4.69, 9.17) is 20.9 Å². The summed E-state index contributed by atoms with van der Waals surface area (Å²) in [5, 5.41) is 4.55. The van der Waals surface area contributed by atoms with Crippen molar-refractivity contribution in [1.29, 1.82) is 0 Å². The second-order valence-electron chi connectivity index (χ2n) is 7.65. The Kier molecular flexibility index (Phi) is 6.53. The summed E-state index contributed by atoms with van der Waals surface area (Å²) >= 11 is 5.93. The second kappa shape index (κ2) is 9.34. The molecule has 0 radical (unpaired) electrons. The molecule has 3 aromatic rings. The fraction of sp³-hybridized carbons (Fsp3) is 0.304. The number of nitrogens with zero attached hydrogens (tertiary/aromatic N) is 2. The number of carbonyl (C=O) groups is 1. The highest BCUT2D eigenvalue weighted by Gasteiger charge is 2.36. The molecule has 2 heterocycles. The van der Waals surface area contributed by atoms with Crippen molar-refractivity contribution >= 4 is 27.3 Å². The van der Waals surface area contributed by atoms with Gasteiger partial charge in [0.1, 0.15) is 5.75 Å². The summed E-state index contributed by atoms with van der Waals surface area (Å²) in [6, 6.07) is 15.6. The Balaban J connectivity index is 1.59. The average Bonchev–Trinajstić information content (AvgIpc) is 3.40. The van der Waals surface area contributed by atoms with Crippen molar-refractivity contribution in [3.8, 4) is 17.1 Å². The standard InChI is InChI=1S/C23H23ClN2O5S/c1-2-30-20-9-3-16(4-10-20)14-26(19-11-12-32(28,29)15-19)23(27)21-13-22(31-25-21)17-5-7-18(24)8-6-17/h3-10,13,19H,2,11-12,14-15H2,1H3/t19-/m1/s1. The van der Waals surface area contributed by atoms with Crippen LogP contribution in [0.3, 0.4) is 0 Å². The van der Waals surface area contributed by atoms with Gasteiger partial charge in [-0.15, -0.1) is 0 Å². The molecule has 1 amide bonds. The maximum absolute atomic E-state index is 13.4. The Morgan fingerprint density at radius 3 is 2.53 bits per heavy atom. The smallest absolute Gasteiger partial charge is 0.276 e. The lowest BCUT2D eigenvalue weighted by atomic mass is 10.1. The molecule has 2 aromatic carbocycles. The number of halogens is 1. The molecular formula is C23H23ClN2O5S. The molecule has 1 aromatic heterocycles. The van der Waals surface area contributed by atoms with Gasteiger partial charge in [0.15, 0.2) is 21.3 Å². The molecule has 0 unspecified atom stereocenters. The van der Waals surface area contributed by atoms with Crippen molar-refractivity contribution < 1.29 is 22.5 Å². The third-order valence-electron chi connectivity index (χ3n) is 5.36. The van der Waals surface area contributed by atoms with Crippen LogP contribution < -0.4 is 4.74 Å². The second-order valence-corrected chi connectivity index (χ2v) is 10.3. The Bertz CT molecular complexity index is 1190. The van der Waals surface area contributed by atoms with Gasteiger partial charge in [0, 0.05) is 29.2 Å². The molecular weight excluding hydrogens is 452 g/mol. The van der Waals surface area contributed by atoms with Crippen LogP contribution in [0.2, 0.25) is 5.02 Å². The van der Waals surface area contributed by atoms with Crippen LogP contribution in [-0.2, 0) is 16.4 Å². The van der Waals surface area contributed by atoms with E-state index in [1.54, 1.807) is 35.2 Å². The van der Waals surface area contributed by atoms with Gasteiger partial charge in [-0.3, -0.25) is 4.79 Å². The largest absolute Gasteiger partial charge is 0.494 e. The van der Waals surface area contributed by atoms with Gasteiger partial charge in [-0.25, -0.2) is 8.42 Å². The third kappa shape index (κ3) is 5.14. The monoisotopic (exact) mass is 474 g/mol. The molecule has 0 spiro atoms. The molecule has 0 aliphatic carbocycles. The van der Waals surface area contributed by atoms with Crippen molar-refractivity contribution in [2.75, 3.05) is 18.1 Å². The lowest BCUT2D eigenvalue weighted by Crippen LogP contribution is -2.40. The molecule has 0 bridgehead atoms. The summed E-state index contributed by atoms with van der Waals surface area (Å²) in [7, 11) is -3.17. The molecule has 1 aliphatic heterocycles. The highest BCUT2D eigenvalue weighted by atomic mass is 35.5. The molecule has 1 aliphatic rings. The zero-order valence-electron chi connectivity index (χ0n) is 17.5. The Morgan fingerprint density at radius 2 is 1.91 bits per heavy atom. The molecule has 1 fully saturated rings. The quantitative estimate of drug-likeness (QED) is 0.509. The normalized spacial score (nSPS) is 17.2. The van der Waals surface area contributed by atoms with E-state index in [2.05, 4.69) is 5.16 Å². The molecule has 1 saturated heterocycles. The van der Waals surface area contributed by atoms with Crippen LogP contribution >= 0.6 is 11.6 Å².